The number of benzene rings is 1. The summed E-state index contributed by atoms with van der Waals surface area (Å²) in [4.78, 5) is 36.8. The first kappa shape index (κ1) is 16.2. The number of nitrogens with one attached hydrogen (secondary N) is 1. The highest BCUT2D eigenvalue weighted by molar-refractivity contribution is 5.92. The van der Waals surface area contributed by atoms with E-state index in [0.717, 1.165) is 22.5 Å². The van der Waals surface area contributed by atoms with E-state index in [1.165, 1.54) is 12.1 Å². The standard InChI is InChI=1S/C18H18N6O2/c1-12-17(20-14-5-3-2-4-13(14)19-12)23-8-10-24(11-9-23)18(26)15-6-7-16(25)22-21-15/h2-7H,8-11H2,1H3,(H,22,25). The number of amides is 1. The van der Waals surface area contributed by atoms with Crippen LogP contribution >= 0.6 is 0 Å². The SMILES string of the molecule is Cc1nc2ccccc2nc1N1CCN(C(=O)c2ccc(=O)[nH]n2)CC1. The highest BCUT2D eigenvalue weighted by Crippen LogP contribution is 2.21. The zero-order valence-corrected chi connectivity index (χ0v) is 14.3. The van der Waals surface area contributed by atoms with Crippen molar-refractivity contribution in [1.29, 1.82) is 0 Å². The number of aromatic nitrogens is 4. The minimum atomic E-state index is -0.322. The molecule has 3 aromatic rings. The van der Waals surface area contributed by atoms with Crippen molar-refractivity contribution < 1.29 is 4.79 Å². The lowest BCUT2D eigenvalue weighted by Crippen LogP contribution is -2.49. The Balaban J connectivity index is 1.50. The number of hydrogen-bond donors (Lipinski definition) is 1. The Labute approximate surface area is 149 Å². The molecule has 8 nitrogen and oxygen atoms in total. The summed E-state index contributed by atoms with van der Waals surface area (Å²) < 4.78 is 0. The van der Waals surface area contributed by atoms with Crippen LogP contribution in [0.3, 0.4) is 0 Å². The number of hydrogen-bond acceptors (Lipinski definition) is 6. The second-order valence-electron chi connectivity index (χ2n) is 6.21. The molecule has 0 unspecified atom stereocenters. The second kappa shape index (κ2) is 6.55. The fraction of sp³-hybridized carbons (Fsp3) is 0.278. The number of aromatic amines is 1. The summed E-state index contributed by atoms with van der Waals surface area (Å²) in [5.41, 5.74) is 2.55. The average molecular weight is 350 g/mol. The van der Waals surface area contributed by atoms with Gasteiger partial charge in [-0.25, -0.2) is 15.1 Å². The fourth-order valence-corrected chi connectivity index (χ4v) is 3.13. The van der Waals surface area contributed by atoms with Gasteiger partial charge in [0.2, 0.25) is 0 Å². The number of rotatable bonds is 2. The van der Waals surface area contributed by atoms with Crippen LogP contribution in [0.2, 0.25) is 0 Å². The zero-order chi connectivity index (χ0) is 18.1. The number of carbonyl (C=O) groups is 1. The molecule has 0 saturated carbocycles. The molecule has 1 aliphatic heterocycles. The van der Waals surface area contributed by atoms with Gasteiger partial charge in [-0.1, -0.05) is 12.1 Å². The Kier molecular flexibility index (Phi) is 4.08. The fourth-order valence-electron chi connectivity index (χ4n) is 3.13. The van der Waals surface area contributed by atoms with Gasteiger partial charge in [0.15, 0.2) is 5.82 Å². The van der Waals surface area contributed by atoms with Gasteiger partial charge in [-0.3, -0.25) is 9.59 Å². The molecule has 1 fully saturated rings. The van der Waals surface area contributed by atoms with Gasteiger partial charge in [0.25, 0.3) is 11.5 Å². The third-order valence-corrected chi connectivity index (χ3v) is 4.48. The average Bonchev–Trinajstić information content (AvgIpc) is 2.68. The third-order valence-electron chi connectivity index (χ3n) is 4.48. The van der Waals surface area contributed by atoms with Crippen LogP contribution in [0, 0.1) is 6.92 Å². The third kappa shape index (κ3) is 3.01. The van der Waals surface area contributed by atoms with Crippen LogP contribution < -0.4 is 10.5 Å². The number of para-hydroxylation sites is 2. The molecule has 1 amide bonds. The van der Waals surface area contributed by atoms with E-state index in [1.807, 2.05) is 31.2 Å². The molecule has 8 heteroatoms. The van der Waals surface area contributed by atoms with E-state index in [2.05, 4.69) is 20.1 Å². The van der Waals surface area contributed by atoms with Crippen molar-refractivity contribution in [1.82, 2.24) is 25.1 Å². The summed E-state index contributed by atoms with van der Waals surface area (Å²) in [5.74, 6) is 0.681. The number of H-pyrrole nitrogens is 1. The first-order valence-electron chi connectivity index (χ1n) is 8.45. The van der Waals surface area contributed by atoms with E-state index >= 15 is 0 Å². The van der Waals surface area contributed by atoms with Gasteiger partial charge in [0.05, 0.1) is 16.7 Å². The Bertz CT molecular complexity index is 1000. The van der Waals surface area contributed by atoms with Gasteiger partial charge in [-0.05, 0) is 25.1 Å². The van der Waals surface area contributed by atoms with Crippen LogP contribution in [0.25, 0.3) is 11.0 Å². The number of aryl methyl sites for hydroxylation is 1. The van der Waals surface area contributed by atoms with E-state index in [4.69, 9.17) is 4.98 Å². The summed E-state index contributed by atoms with van der Waals surface area (Å²) in [5, 5.41) is 6.11. The number of piperazine rings is 1. The second-order valence-corrected chi connectivity index (χ2v) is 6.21. The maximum absolute atomic E-state index is 12.5. The molecule has 4 rings (SSSR count). The van der Waals surface area contributed by atoms with Crippen molar-refractivity contribution >= 4 is 22.8 Å². The molecule has 1 aromatic carbocycles. The Hall–Kier alpha value is -3.29. The molecule has 0 atom stereocenters. The number of fused-ring (bicyclic) bond motifs is 1. The van der Waals surface area contributed by atoms with Crippen molar-refractivity contribution in [3.8, 4) is 0 Å². The minimum Gasteiger partial charge on any atom is -0.352 e. The lowest BCUT2D eigenvalue weighted by molar-refractivity contribution is 0.0739. The highest BCUT2D eigenvalue weighted by Gasteiger charge is 2.25. The minimum absolute atomic E-state index is 0.179. The van der Waals surface area contributed by atoms with Crippen LogP contribution in [-0.2, 0) is 0 Å². The predicted molar refractivity (Wildman–Crippen MR) is 97.2 cm³/mol. The molecule has 2 aromatic heterocycles. The predicted octanol–water partition coefficient (Wildman–Crippen LogP) is 0.984. The van der Waals surface area contributed by atoms with Crippen molar-refractivity contribution in [3.05, 3.63) is 58.1 Å². The molecule has 132 valence electrons. The molecule has 3 heterocycles. The molecule has 1 saturated heterocycles. The zero-order valence-electron chi connectivity index (χ0n) is 14.3. The number of anilines is 1. The quantitative estimate of drug-likeness (QED) is 0.740. The molecular weight excluding hydrogens is 332 g/mol. The number of carbonyl (C=O) groups excluding carboxylic acids is 1. The maximum Gasteiger partial charge on any atom is 0.274 e. The smallest absolute Gasteiger partial charge is 0.274 e. The molecule has 0 aliphatic carbocycles. The summed E-state index contributed by atoms with van der Waals surface area (Å²) in [7, 11) is 0. The lowest BCUT2D eigenvalue weighted by atomic mass is 10.2. The Morgan fingerprint density at radius 1 is 1.00 bits per heavy atom. The summed E-state index contributed by atoms with van der Waals surface area (Å²) in [6, 6.07) is 10.6. The molecule has 0 radical (unpaired) electrons. The summed E-state index contributed by atoms with van der Waals surface area (Å²) in [6.07, 6.45) is 0. The van der Waals surface area contributed by atoms with Crippen LogP contribution in [0.4, 0.5) is 5.82 Å². The van der Waals surface area contributed by atoms with Gasteiger partial charge in [0, 0.05) is 32.2 Å². The molecule has 1 N–H and O–H groups in total. The van der Waals surface area contributed by atoms with E-state index in [9.17, 15) is 9.59 Å². The van der Waals surface area contributed by atoms with Crippen LogP contribution in [0.15, 0.2) is 41.2 Å². The van der Waals surface area contributed by atoms with E-state index in [0.29, 0.717) is 26.2 Å². The lowest BCUT2D eigenvalue weighted by Gasteiger charge is -2.35. The Morgan fingerprint density at radius 3 is 2.35 bits per heavy atom. The van der Waals surface area contributed by atoms with Crippen LogP contribution in [0.1, 0.15) is 16.2 Å². The van der Waals surface area contributed by atoms with Gasteiger partial charge in [0.1, 0.15) is 5.69 Å². The van der Waals surface area contributed by atoms with Crippen molar-refractivity contribution in [2.24, 2.45) is 0 Å². The molecule has 26 heavy (non-hydrogen) atoms. The van der Waals surface area contributed by atoms with Gasteiger partial charge < -0.3 is 9.80 Å². The molecule has 0 bridgehead atoms. The van der Waals surface area contributed by atoms with Crippen molar-refractivity contribution in [2.45, 2.75) is 6.92 Å². The van der Waals surface area contributed by atoms with E-state index in [-0.39, 0.29) is 17.2 Å². The Morgan fingerprint density at radius 2 is 1.69 bits per heavy atom. The molecule has 1 aliphatic rings. The normalized spacial score (nSPS) is 14.7. The summed E-state index contributed by atoms with van der Waals surface area (Å²) >= 11 is 0. The number of nitrogens with zero attached hydrogens (tertiary/aromatic N) is 5. The molecule has 0 spiro atoms. The van der Waals surface area contributed by atoms with Crippen LogP contribution in [-0.4, -0.2) is 57.2 Å². The van der Waals surface area contributed by atoms with E-state index in [1.54, 1.807) is 4.90 Å². The highest BCUT2D eigenvalue weighted by atomic mass is 16.2. The first-order valence-corrected chi connectivity index (χ1v) is 8.45. The van der Waals surface area contributed by atoms with Gasteiger partial charge >= 0.3 is 0 Å². The monoisotopic (exact) mass is 350 g/mol. The summed E-state index contributed by atoms with van der Waals surface area (Å²) in [6.45, 7) is 4.42. The topological polar surface area (TPSA) is 95.1 Å². The molecular formula is C18H18N6O2. The largest absolute Gasteiger partial charge is 0.352 e. The van der Waals surface area contributed by atoms with Gasteiger partial charge in [-0.2, -0.15) is 5.10 Å². The van der Waals surface area contributed by atoms with Gasteiger partial charge in [-0.15, -0.1) is 0 Å². The van der Waals surface area contributed by atoms with E-state index < -0.39 is 0 Å². The van der Waals surface area contributed by atoms with Crippen LogP contribution in [0.5, 0.6) is 0 Å². The van der Waals surface area contributed by atoms with Crippen molar-refractivity contribution in [3.63, 3.8) is 0 Å². The maximum atomic E-state index is 12.5. The first-order chi connectivity index (χ1) is 12.6. The van der Waals surface area contributed by atoms with Crippen molar-refractivity contribution in [2.75, 3.05) is 31.1 Å².